The van der Waals surface area contributed by atoms with Crippen LogP contribution in [0.3, 0.4) is 0 Å². The predicted octanol–water partition coefficient (Wildman–Crippen LogP) is 3.60. The zero-order valence-electron chi connectivity index (χ0n) is 14.9. The Morgan fingerprint density at radius 3 is 2.68 bits per heavy atom. The average Bonchev–Trinajstić information content (AvgIpc) is 2.64. The summed E-state index contributed by atoms with van der Waals surface area (Å²) in [6, 6.07) is 16.7. The van der Waals surface area contributed by atoms with Gasteiger partial charge in [0.25, 0.3) is 0 Å². The van der Waals surface area contributed by atoms with Gasteiger partial charge in [-0.1, -0.05) is 36.4 Å². The first-order valence-electron chi connectivity index (χ1n) is 8.86. The zero-order chi connectivity index (χ0) is 17.6. The first-order chi connectivity index (χ1) is 12.1. The number of anilines is 1. The maximum atomic E-state index is 12.5. The molecule has 1 fully saturated rings. The summed E-state index contributed by atoms with van der Waals surface area (Å²) >= 11 is 0. The predicted molar refractivity (Wildman–Crippen MR) is 100 cm³/mol. The Balaban J connectivity index is 1.54. The molecule has 3 rings (SSSR count). The second-order valence-electron chi connectivity index (χ2n) is 6.74. The minimum absolute atomic E-state index is 0.0904. The van der Waals surface area contributed by atoms with Crippen LogP contribution in [0.5, 0.6) is 0 Å². The Hall–Kier alpha value is -2.40. The van der Waals surface area contributed by atoms with Crippen LogP contribution in [0.4, 0.5) is 10.6 Å². The molecule has 25 heavy (non-hydrogen) atoms. The number of hydrogen-bond acceptors (Lipinski definition) is 3. The van der Waals surface area contributed by atoms with Crippen LogP contribution in [-0.4, -0.2) is 46.5 Å². The fourth-order valence-corrected chi connectivity index (χ4v) is 3.40. The lowest BCUT2D eigenvalue weighted by Gasteiger charge is -2.41. The van der Waals surface area contributed by atoms with Crippen molar-refractivity contribution in [1.29, 1.82) is 0 Å². The van der Waals surface area contributed by atoms with Crippen molar-refractivity contribution in [2.45, 2.75) is 38.4 Å². The van der Waals surface area contributed by atoms with Crippen LogP contribution in [0.15, 0.2) is 54.7 Å². The molecule has 132 valence electrons. The van der Waals surface area contributed by atoms with Crippen molar-refractivity contribution >= 4 is 11.8 Å². The van der Waals surface area contributed by atoms with Crippen LogP contribution in [0.25, 0.3) is 0 Å². The van der Waals surface area contributed by atoms with Gasteiger partial charge in [-0.2, -0.15) is 0 Å². The Kier molecular flexibility index (Phi) is 5.66. The van der Waals surface area contributed by atoms with Gasteiger partial charge in [0, 0.05) is 38.4 Å². The number of carbonyl (C=O) groups excluding carboxylic acids is 1. The minimum atomic E-state index is -0.0904. The van der Waals surface area contributed by atoms with E-state index in [1.807, 2.05) is 30.1 Å². The summed E-state index contributed by atoms with van der Waals surface area (Å²) in [7, 11) is 1.88. The highest BCUT2D eigenvalue weighted by atomic mass is 16.2. The van der Waals surface area contributed by atoms with Gasteiger partial charge in [-0.3, -0.25) is 10.2 Å². The molecule has 2 amide bonds. The summed E-state index contributed by atoms with van der Waals surface area (Å²) in [5.41, 5.74) is 1.34. The minimum Gasteiger partial charge on any atom is -0.324 e. The van der Waals surface area contributed by atoms with E-state index in [2.05, 4.69) is 46.4 Å². The quantitative estimate of drug-likeness (QED) is 0.927. The van der Waals surface area contributed by atoms with Crippen molar-refractivity contribution in [3.05, 3.63) is 60.3 Å². The van der Waals surface area contributed by atoms with Gasteiger partial charge in [0.05, 0.1) is 0 Å². The Bertz CT molecular complexity index is 677. The molecule has 0 spiro atoms. The van der Waals surface area contributed by atoms with E-state index in [-0.39, 0.29) is 12.1 Å². The first-order valence-corrected chi connectivity index (χ1v) is 8.86. The number of piperidine rings is 1. The molecular weight excluding hydrogens is 312 g/mol. The Morgan fingerprint density at radius 1 is 1.24 bits per heavy atom. The van der Waals surface area contributed by atoms with Gasteiger partial charge in [-0.05, 0) is 37.5 Å². The second-order valence-corrected chi connectivity index (χ2v) is 6.74. The van der Waals surface area contributed by atoms with E-state index in [1.54, 1.807) is 12.3 Å². The number of likely N-dealkylation sites (tertiary alicyclic amines) is 1. The van der Waals surface area contributed by atoms with E-state index >= 15 is 0 Å². The third kappa shape index (κ3) is 4.57. The molecule has 2 aromatic rings. The topological polar surface area (TPSA) is 48.5 Å². The molecule has 1 aliphatic heterocycles. The van der Waals surface area contributed by atoms with Crippen molar-refractivity contribution in [2.75, 3.05) is 18.9 Å². The molecule has 1 aliphatic rings. The Morgan fingerprint density at radius 2 is 2.00 bits per heavy atom. The maximum Gasteiger partial charge on any atom is 0.323 e. The normalized spacial score (nSPS) is 20.9. The summed E-state index contributed by atoms with van der Waals surface area (Å²) < 4.78 is 0. The van der Waals surface area contributed by atoms with Crippen LogP contribution in [0, 0.1) is 0 Å². The number of amides is 2. The van der Waals surface area contributed by atoms with Crippen molar-refractivity contribution in [3.63, 3.8) is 0 Å². The summed E-state index contributed by atoms with van der Waals surface area (Å²) in [5, 5.41) is 2.87. The molecule has 5 heteroatoms. The summed E-state index contributed by atoms with van der Waals surface area (Å²) in [4.78, 5) is 20.9. The molecule has 0 saturated carbocycles. The molecule has 2 atom stereocenters. The number of rotatable bonds is 4. The fraction of sp³-hybridized carbons (Fsp3) is 0.400. The number of aromatic nitrogens is 1. The van der Waals surface area contributed by atoms with E-state index in [4.69, 9.17) is 0 Å². The van der Waals surface area contributed by atoms with Crippen molar-refractivity contribution < 1.29 is 4.79 Å². The van der Waals surface area contributed by atoms with Gasteiger partial charge >= 0.3 is 6.03 Å². The lowest BCUT2D eigenvalue weighted by molar-refractivity contribution is 0.0942. The number of benzene rings is 1. The number of nitrogens with one attached hydrogen (secondary N) is 1. The number of carbonyl (C=O) groups is 1. The van der Waals surface area contributed by atoms with E-state index in [1.165, 1.54) is 5.56 Å². The summed E-state index contributed by atoms with van der Waals surface area (Å²) in [5.74, 6) is 0.592. The number of urea groups is 1. The molecule has 1 aromatic heterocycles. The monoisotopic (exact) mass is 338 g/mol. The summed E-state index contributed by atoms with van der Waals surface area (Å²) in [6.45, 7) is 4.22. The second kappa shape index (κ2) is 8.12. The highest BCUT2D eigenvalue weighted by Crippen LogP contribution is 2.23. The van der Waals surface area contributed by atoms with Gasteiger partial charge in [0.1, 0.15) is 5.82 Å². The van der Waals surface area contributed by atoms with Crippen LogP contribution in [0.1, 0.15) is 25.3 Å². The van der Waals surface area contributed by atoms with Crippen LogP contribution < -0.4 is 5.32 Å². The first kappa shape index (κ1) is 17.4. The van der Waals surface area contributed by atoms with Gasteiger partial charge in [-0.25, -0.2) is 9.78 Å². The number of nitrogens with zero attached hydrogens (tertiary/aromatic N) is 3. The number of pyridine rings is 1. The molecule has 0 unspecified atom stereocenters. The molecule has 0 bridgehead atoms. The van der Waals surface area contributed by atoms with Gasteiger partial charge in [-0.15, -0.1) is 0 Å². The largest absolute Gasteiger partial charge is 0.324 e. The number of hydrogen-bond donors (Lipinski definition) is 1. The maximum absolute atomic E-state index is 12.5. The molecule has 0 aliphatic carbocycles. The van der Waals surface area contributed by atoms with Gasteiger partial charge < -0.3 is 4.90 Å². The van der Waals surface area contributed by atoms with E-state index < -0.39 is 0 Å². The highest BCUT2D eigenvalue weighted by Gasteiger charge is 2.29. The van der Waals surface area contributed by atoms with Crippen molar-refractivity contribution in [1.82, 2.24) is 14.8 Å². The Labute approximate surface area is 149 Å². The highest BCUT2D eigenvalue weighted by molar-refractivity contribution is 5.88. The molecule has 2 heterocycles. The van der Waals surface area contributed by atoms with Crippen LogP contribution in [-0.2, 0) is 6.54 Å². The van der Waals surface area contributed by atoms with Crippen LogP contribution >= 0.6 is 0 Å². The average molecular weight is 338 g/mol. The van der Waals surface area contributed by atoms with Gasteiger partial charge in [0.15, 0.2) is 0 Å². The van der Waals surface area contributed by atoms with Crippen LogP contribution in [0.2, 0.25) is 0 Å². The van der Waals surface area contributed by atoms with Gasteiger partial charge in [0.2, 0.25) is 0 Å². The smallest absolute Gasteiger partial charge is 0.323 e. The molecule has 1 aromatic carbocycles. The SMILES string of the molecule is C[C@@H]1C[C@@H](N(C)C(=O)Nc2ccccn2)CCN1Cc1ccccc1. The van der Waals surface area contributed by atoms with E-state index in [0.717, 1.165) is 25.9 Å². The summed E-state index contributed by atoms with van der Waals surface area (Å²) in [6.07, 6.45) is 3.65. The fourth-order valence-electron chi connectivity index (χ4n) is 3.40. The molecule has 1 saturated heterocycles. The standard InChI is InChI=1S/C20H26N4O/c1-16-14-18(11-13-24(16)15-17-8-4-3-5-9-17)23(2)20(25)22-19-10-6-7-12-21-19/h3-10,12,16,18H,11,13-15H2,1-2H3,(H,21,22,25)/t16-,18+/m1/s1. The zero-order valence-corrected chi connectivity index (χ0v) is 14.9. The molecular formula is C20H26N4O. The van der Waals surface area contributed by atoms with E-state index in [9.17, 15) is 4.79 Å². The van der Waals surface area contributed by atoms with Crippen molar-refractivity contribution in [2.24, 2.45) is 0 Å². The molecule has 1 N–H and O–H groups in total. The molecule has 0 radical (unpaired) electrons. The lowest BCUT2D eigenvalue weighted by Crippen LogP contribution is -2.50. The third-order valence-electron chi connectivity index (χ3n) is 4.98. The lowest BCUT2D eigenvalue weighted by atomic mass is 9.96. The molecule has 5 nitrogen and oxygen atoms in total. The third-order valence-corrected chi connectivity index (χ3v) is 4.98. The van der Waals surface area contributed by atoms with Crippen molar-refractivity contribution in [3.8, 4) is 0 Å². The van der Waals surface area contributed by atoms with E-state index in [0.29, 0.717) is 11.9 Å².